The molecule has 0 heterocycles. The molecule has 0 aliphatic rings. The van der Waals surface area contributed by atoms with Crippen LogP contribution in [0.2, 0.25) is 0 Å². The first-order valence-electron chi connectivity index (χ1n) is 11.3. The van der Waals surface area contributed by atoms with Gasteiger partial charge in [0.1, 0.15) is 0 Å². The lowest BCUT2D eigenvalue weighted by atomic mass is 10.0. The molecule has 0 spiro atoms. The molecule has 152 valence electrons. The van der Waals surface area contributed by atoms with Gasteiger partial charge >= 0.3 is 5.97 Å². The minimum atomic E-state index is -0.882. The van der Waals surface area contributed by atoms with E-state index < -0.39 is 5.97 Å². The quantitative estimate of drug-likeness (QED) is 0.134. The number of carboxylic acid groups (broad SMARTS) is 1. The summed E-state index contributed by atoms with van der Waals surface area (Å²) < 4.78 is 0. The molecule has 0 unspecified atom stereocenters. The Morgan fingerprint density at radius 3 is 1.38 bits per heavy atom. The largest absolute Gasteiger partial charge is 0.478 e. The van der Waals surface area contributed by atoms with Crippen molar-refractivity contribution in [1.29, 1.82) is 0 Å². The third-order valence-electron chi connectivity index (χ3n) is 4.96. The molecule has 0 aromatic heterocycles. The van der Waals surface area contributed by atoms with Crippen molar-refractivity contribution in [2.24, 2.45) is 0 Å². The third kappa shape index (κ3) is 22.9. The highest BCUT2D eigenvalue weighted by molar-refractivity contribution is 5.80. The van der Waals surface area contributed by atoms with Crippen molar-refractivity contribution in [3.8, 4) is 0 Å². The number of unbranched alkanes of at least 4 members (excludes halogenated alkanes) is 17. The second-order valence-corrected chi connectivity index (χ2v) is 7.57. The summed E-state index contributed by atoms with van der Waals surface area (Å²) in [4.78, 5) is 10.3. The molecule has 0 saturated carbocycles. The molecule has 0 rings (SSSR count). The van der Waals surface area contributed by atoms with E-state index in [0.717, 1.165) is 6.42 Å². The van der Waals surface area contributed by atoms with Gasteiger partial charge in [0, 0.05) is 6.08 Å². The molecule has 0 aromatic carbocycles. The van der Waals surface area contributed by atoms with Crippen LogP contribution in [0.3, 0.4) is 0 Å². The van der Waals surface area contributed by atoms with Crippen molar-refractivity contribution < 1.29 is 9.90 Å². The third-order valence-corrected chi connectivity index (χ3v) is 4.96. The van der Waals surface area contributed by atoms with Crippen molar-refractivity contribution in [2.75, 3.05) is 0 Å². The summed E-state index contributed by atoms with van der Waals surface area (Å²) in [6.45, 7) is 2.28. The molecule has 2 nitrogen and oxygen atoms in total. The molecule has 0 saturated heterocycles. The highest BCUT2D eigenvalue weighted by atomic mass is 16.4. The molecule has 0 aromatic rings. The molecule has 0 bridgehead atoms. The smallest absolute Gasteiger partial charge is 0.328 e. The average Bonchev–Trinajstić information content (AvgIpc) is 2.62. The second-order valence-electron chi connectivity index (χ2n) is 7.57. The van der Waals surface area contributed by atoms with E-state index in [1.807, 2.05) is 6.08 Å². The van der Waals surface area contributed by atoms with Gasteiger partial charge in [0.2, 0.25) is 0 Å². The number of allylic oxidation sites excluding steroid dienone is 3. The lowest BCUT2D eigenvalue weighted by Gasteiger charge is -2.03. The predicted octanol–water partition coefficient (Wildman–Crippen LogP) is 8.23. The fraction of sp³-hybridized carbons (Fsp3) is 0.792. The van der Waals surface area contributed by atoms with E-state index in [1.165, 1.54) is 115 Å². The van der Waals surface area contributed by atoms with Crippen LogP contribution in [-0.4, -0.2) is 11.1 Å². The molecule has 2 heteroatoms. The summed E-state index contributed by atoms with van der Waals surface area (Å²) in [7, 11) is 0. The van der Waals surface area contributed by atoms with Gasteiger partial charge in [-0.15, -0.1) is 0 Å². The topological polar surface area (TPSA) is 37.3 Å². The van der Waals surface area contributed by atoms with Gasteiger partial charge in [0.25, 0.3) is 0 Å². The van der Waals surface area contributed by atoms with Crippen molar-refractivity contribution in [2.45, 2.75) is 122 Å². The fourth-order valence-corrected chi connectivity index (χ4v) is 3.30. The molecule has 0 amide bonds. The first-order chi connectivity index (χ1) is 12.8. The molecular weight excluding hydrogens is 320 g/mol. The first kappa shape index (κ1) is 24.9. The van der Waals surface area contributed by atoms with Crippen LogP contribution in [0.1, 0.15) is 122 Å². The van der Waals surface area contributed by atoms with Crippen LogP contribution in [0, 0.1) is 0 Å². The second kappa shape index (κ2) is 22.0. The summed E-state index contributed by atoms with van der Waals surface area (Å²) in [5.41, 5.74) is 0. The van der Waals surface area contributed by atoms with E-state index >= 15 is 0 Å². The van der Waals surface area contributed by atoms with E-state index in [1.54, 1.807) is 6.08 Å². The summed E-state index contributed by atoms with van der Waals surface area (Å²) >= 11 is 0. The van der Waals surface area contributed by atoms with Gasteiger partial charge in [0.15, 0.2) is 0 Å². The van der Waals surface area contributed by atoms with Gasteiger partial charge in [-0.25, -0.2) is 4.79 Å². The number of hydrogen-bond donors (Lipinski definition) is 1. The summed E-state index contributed by atoms with van der Waals surface area (Å²) in [6.07, 6.45) is 31.5. The minimum Gasteiger partial charge on any atom is -0.478 e. The first-order valence-corrected chi connectivity index (χ1v) is 11.3. The summed E-state index contributed by atoms with van der Waals surface area (Å²) in [5.74, 6) is -0.882. The Labute approximate surface area is 163 Å². The summed E-state index contributed by atoms with van der Waals surface area (Å²) in [6, 6.07) is 0. The Balaban J connectivity index is 3.08. The highest BCUT2D eigenvalue weighted by Gasteiger charge is 1.94. The average molecular weight is 365 g/mol. The van der Waals surface area contributed by atoms with E-state index in [2.05, 4.69) is 13.0 Å². The lowest BCUT2D eigenvalue weighted by molar-refractivity contribution is -0.131. The van der Waals surface area contributed by atoms with Crippen LogP contribution in [0.5, 0.6) is 0 Å². The van der Waals surface area contributed by atoms with Crippen LogP contribution >= 0.6 is 0 Å². The SMILES string of the molecule is CCCCCCCCCCCCCCCCCCC/C=C/C=C/C(=O)O. The van der Waals surface area contributed by atoms with Gasteiger partial charge < -0.3 is 5.11 Å². The Hall–Kier alpha value is -1.05. The Bertz CT molecular complexity index is 344. The maximum absolute atomic E-state index is 10.3. The van der Waals surface area contributed by atoms with Crippen molar-refractivity contribution in [3.63, 3.8) is 0 Å². The Morgan fingerprint density at radius 2 is 1.00 bits per heavy atom. The van der Waals surface area contributed by atoms with Crippen LogP contribution in [0.15, 0.2) is 24.3 Å². The van der Waals surface area contributed by atoms with Crippen molar-refractivity contribution in [3.05, 3.63) is 24.3 Å². The molecule has 0 fully saturated rings. The lowest BCUT2D eigenvalue weighted by Crippen LogP contribution is -1.84. The zero-order valence-corrected chi connectivity index (χ0v) is 17.4. The maximum Gasteiger partial charge on any atom is 0.328 e. The Kier molecular flexibility index (Phi) is 21.1. The normalized spacial score (nSPS) is 11.7. The number of aliphatic carboxylic acids is 1. The minimum absolute atomic E-state index is 0.882. The van der Waals surface area contributed by atoms with Crippen LogP contribution in [-0.2, 0) is 4.79 Å². The van der Waals surface area contributed by atoms with E-state index in [-0.39, 0.29) is 0 Å². The molecule has 26 heavy (non-hydrogen) atoms. The number of carbonyl (C=O) groups is 1. The number of rotatable bonds is 20. The van der Waals surface area contributed by atoms with E-state index in [0.29, 0.717) is 0 Å². The Morgan fingerprint density at radius 1 is 0.615 bits per heavy atom. The predicted molar refractivity (Wildman–Crippen MR) is 115 cm³/mol. The van der Waals surface area contributed by atoms with Gasteiger partial charge in [-0.05, 0) is 12.8 Å². The van der Waals surface area contributed by atoms with Crippen LogP contribution in [0.25, 0.3) is 0 Å². The number of hydrogen-bond acceptors (Lipinski definition) is 1. The molecule has 0 aliphatic carbocycles. The summed E-state index contributed by atoms with van der Waals surface area (Å²) in [5, 5.41) is 8.45. The van der Waals surface area contributed by atoms with Gasteiger partial charge in [-0.1, -0.05) is 128 Å². The van der Waals surface area contributed by atoms with Crippen LogP contribution < -0.4 is 0 Å². The van der Waals surface area contributed by atoms with E-state index in [4.69, 9.17) is 5.11 Å². The molecular formula is C24H44O2. The molecule has 0 radical (unpaired) electrons. The standard InChI is InChI=1S/C24H44O2/c1-2-3-4-5-6-7-8-9-10-11-12-13-14-15-16-17-18-19-20-21-22-23-24(25)26/h20-23H,2-19H2,1H3,(H,25,26)/b21-20+,23-22+. The van der Waals surface area contributed by atoms with Crippen molar-refractivity contribution in [1.82, 2.24) is 0 Å². The zero-order valence-electron chi connectivity index (χ0n) is 17.4. The molecule has 0 atom stereocenters. The highest BCUT2D eigenvalue weighted by Crippen LogP contribution is 2.14. The molecule has 1 N–H and O–H groups in total. The maximum atomic E-state index is 10.3. The zero-order chi connectivity index (χ0) is 19.1. The van der Waals surface area contributed by atoms with Crippen LogP contribution in [0.4, 0.5) is 0 Å². The monoisotopic (exact) mass is 364 g/mol. The molecule has 0 aliphatic heterocycles. The fourth-order valence-electron chi connectivity index (χ4n) is 3.30. The van der Waals surface area contributed by atoms with Gasteiger partial charge in [-0.3, -0.25) is 0 Å². The van der Waals surface area contributed by atoms with Crippen molar-refractivity contribution >= 4 is 5.97 Å². The number of carboxylic acids is 1. The van der Waals surface area contributed by atoms with E-state index in [9.17, 15) is 4.79 Å². The van der Waals surface area contributed by atoms with Gasteiger partial charge in [-0.2, -0.15) is 0 Å². The van der Waals surface area contributed by atoms with Gasteiger partial charge in [0.05, 0.1) is 0 Å².